The summed E-state index contributed by atoms with van der Waals surface area (Å²) in [6.07, 6.45) is 0.818. The largest absolute Gasteiger partial charge is 0.393 e. The number of aliphatic hydroxyl groups excluding tert-OH is 1. The molecule has 2 unspecified atom stereocenters. The summed E-state index contributed by atoms with van der Waals surface area (Å²) < 4.78 is 5.84. The second-order valence-electron chi connectivity index (χ2n) is 5.80. The van der Waals surface area contributed by atoms with Gasteiger partial charge in [0.25, 0.3) is 0 Å². The molecule has 1 aromatic carbocycles. The van der Waals surface area contributed by atoms with E-state index in [4.69, 9.17) is 4.74 Å². The zero-order valence-corrected chi connectivity index (χ0v) is 10.6. The second-order valence-corrected chi connectivity index (χ2v) is 5.80. The maximum atomic E-state index is 12.5. The molecule has 4 heteroatoms. The summed E-state index contributed by atoms with van der Waals surface area (Å²) in [4.78, 5) is 14.4. The molecule has 3 fully saturated rings. The van der Waals surface area contributed by atoms with Crippen LogP contribution in [0.5, 0.6) is 0 Å². The average molecular weight is 259 g/mol. The minimum absolute atomic E-state index is 0.00936. The van der Waals surface area contributed by atoms with Crippen molar-refractivity contribution in [2.24, 2.45) is 11.8 Å². The number of ether oxygens (including phenoxy) is 1. The van der Waals surface area contributed by atoms with Gasteiger partial charge in [0.2, 0.25) is 5.91 Å². The lowest BCUT2D eigenvalue weighted by Gasteiger charge is -2.24. The van der Waals surface area contributed by atoms with Gasteiger partial charge in [0.1, 0.15) is 0 Å². The van der Waals surface area contributed by atoms with Crippen LogP contribution in [-0.4, -0.2) is 34.7 Å². The molecule has 4 rings (SSSR count). The van der Waals surface area contributed by atoms with Crippen LogP contribution in [0.2, 0.25) is 0 Å². The van der Waals surface area contributed by atoms with Crippen molar-refractivity contribution in [3.05, 3.63) is 35.9 Å². The van der Waals surface area contributed by atoms with Gasteiger partial charge in [-0.3, -0.25) is 4.79 Å². The van der Waals surface area contributed by atoms with Crippen LogP contribution in [0.3, 0.4) is 0 Å². The van der Waals surface area contributed by atoms with E-state index in [9.17, 15) is 9.90 Å². The molecule has 100 valence electrons. The second kappa shape index (κ2) is 4.05. The number of nitrogens with zero attached hydrogens (tertiary/aromatic N) is 1. The Balaban J connectivity index is 1.65. The molecule has 0 spiro atoms. The molecule has 5 atom stereocenters. The molecule has 1 saturated carbocycles. The fraction of sp³-hybridized carbons (Fsp3) is 0.533. The van der Waals surface area contributed by atoms with E-state index in [1.54, 1.807) is 0 Å². The van der Waals surface area contributed by atoms with E-state index in [2.05, 4.69) is 0 Å². The van der Waals surface area contributed by atoms with Crippen molar-refractivity contribution in [3.63, 3.8) is 0 Å². The van der Waals surface area contributed by atoms with Crippen LogP contribution in [0.4, 0.5) is 0 Å². The molecule has 1 aliphatic carbocycles. The fourth-order valence-electron chi connectivity index (χ4n) is 3.95. The van der Waals surface area contributed by atoms with Crippen molar-refractivity contribution < 1.29 is 14.6 Å². The van der Waals surface area contributed by atoms with Crippen LogP contribution in [0.1, 0.15) is 24.6 Å². The quantitative estimate of drug-likeness (QED) is 0.827. The van der Waals surface area contributed by atoms with Crippen molar-refractivity contribution in [1.29, 1.82) is 0 Å². The summed E-state index contributed by atoms with van der Waals surface area (Å²) in [5.74, 6) is 0.448. The van der Waals surface area contributed by atoms with Crippen LogP contribution in [0, 0.1) is 11.8 Å². The van der Waals surface area contributed by atoms with E-state index in [1.165, 1.54) is 0 Å². The minimum atomic E-state index is -0.308. The van der Waals surface area contributed by atoms with Gasteiger partial charge < -0.3 is 14.7 Å². The molecule has 2 saturated heterocycles. The summed E-state index contributed by atoms with van der Waals surface area (Å²) >= 11 is 0. The Morgan fingerprint density at radius 3 is 2.79 bits per heavy atom. The predicted molar refractivity (Wildman–Crippen MR) is 68.0 cm³/mol. The third-order valence-electron chi connectivity index (χ3n) is 4.77. The molecule has 19 heavy (non-hydrogen) atoms. The smallest absolute Gasteiger partial charge is 0.228 e. The lowest BCUT2D eigenvalue weighted by Crippen LogP contribution is -2.34. The molecule has 3 aliphatic rings. The summed E-state index contributed by atoms with van der Waals surface area (Å²) in [5, 5.41) is 9.74. The van der Waals surface area contributed by atoms with Gasteiger partial charge in [-0.15, -0.1) is 0 Å². The number of benzene rings is 1. The van der Waals surface area contributed by atoms with E-state index in [0.29, 0.717) is 13.0 Å². The Morgan fingerprint density at radius 1 is 1.21 bits per heavy atom. The molecule has 1 amide bonds. The van der Waals surface area contributed by atoms with E-state index >= 15 is 0 Å². The Labute approximate surface area is 112 Å². The SMILES string of the molecule is O=C1[C@@H]2CC(O)C[C@@H]2[C@H]2COC(c3ccccc3)N12. The van der Waals surface area contributed by atoms with E-state index in [0.717, 1.165) is 12.0 Å². The van der Waals surface area contributed by atoms with Crippen LogP contribution in [0.15, 0.2) is 30.3 Å². The fourth-order valence-corrected chi connectivity index (χ4v) is 3.95. The van der Waals surface area contributed by atoms with Gasteiger partial charge in [0.05, 0.1) is 18.8 Å². The number of rotatable bonds is 1. The lowest BCUT2D eigenvalue weighted by molar-refractivity contribution is -0.137. The lowest BCUT2D eigenvalue weighted by atomic mass is 9.94. The van der Waals surface area contributed by atoms with Crippen molar-refractivity contribution in [1.82, 2.24) is 4.90 Å². The van der Waals surface area contributed by atoms with Gasteiger partial charge in [0, 0.05) is 11.5 Å². The molecule has 0 radical (unpaired) electrons. The molecule has 1 N–H and O–H groups in total. The van der Waals surface area contributed by atoms with Crippen LogP contribution >= 0.6 is 0 Å². The highest BCUT2D eigenvalue weighted by Crippen LogP contribution is 2.49. The Hall–Kier alpha value is -1.39. The number of fused-ring (bicyclic) bond motifs is 3. The zero-order valence-electron chi connectivity index (χ0n) is 10.6. The first-order valence-corrected chi connectivity index (χ1v) is 6.92. The number of amides is 1. The van der Waals surface area contributed by atoms with Gasteiger partial charge in [-0.05, 0) is 18.8 Å². The summed E-state index contributed by atoms with van der Waals surface area (Å²) in [5.41, 5.74) is 1.04. The van der Waals surface area contributed by atoms with Crippen molar-refractivity contribution in [2.75, 3.05) is 6.61 Å². The maximum absolute atomic E-state index is 12.5. The third kappa shape index (κ3) is 1.56. The van der Waals surface area contributed by atoms with Gasteiger partial charge in [0.15, 0.2) is 6.23 Å². The van der Waals surface area contributed by atoms with Crippen molar-refractivity contribution in [3.8, 4) is 0 Å². The van der Waals surface area contributed by atoms with Crippen molar-refractivity contribution >= 4 is 5.91 Å². The number of hydrogen-bond acceptors (Lipinski definition) is 3. The zero-order chi connectivity index (χ0) is 13.0. The Morgan fingerprint density at radius 2 is 2.00 bits per heavy atom. The highest BCUT2D eigenvalue weighted by molar-refractivity contribution is 5.83. The predicted octanol–water partition coefficient (Wildman–Crippen LogP) is 1.31. The normalized spacial score (nSPS) is 40.6. The van der Waals surface area contributed by atoms with Crippen LogP contribution in [-0.2, 0) is 9.53 Å². The molecular formula is C15H17NO3. The highest BCUT2D eigenvalue weighted by atomic mass is 16.5. The first-order chi connectivity index (χ1) is 9.25. The molecule has 4 nitrogen and oxygen atoms in total. The third-order valence-corrected chi connectivity index (χ3v) is 4.77. The summed E-state index contributed by atoms with van der Waals surface area (Å²) in [6.45, 7) is 0.596. The Bertz CT molecular complexity index is 503. The number of aliphatic hydroxyl groups is 1. The monoisotopic (exact) mass is 259 g/mol. The van der Waals surface area contributed by atoms with Crippen LogP contribution < -0.4 is 0 Å². The number of carbonyl (C=O) groups excluding carboxylic acids is 1. The Kier molecular flexibility index (Phi) is 2.44. The highest BCUT2D eigenvalue weighted by Gasteiger charge is 2.57. The van der Waals surface area contributed by atoms with Crippen LogP contribution in [0.25, 0.3) is 0 Å². The number of carbonyl (C=O) groups is 1. The molecule has 0 bridgehead atoms. The molecule has 2 aliphatic heterocycles. The van der Waals surface area contributed by atoms with Crippen molar-refractivity contribution in [2.45, 2.75) is 31.2 Å². The number of hydrogen-bond donors (Lipinski definition) is 1. The van der Waals surface area contributed by atoms with Gasteiger partial charge >= 0.3 is 0 Å². The first kappa shape index (κ1) is 11.4. The van der Waals surface area contributed by atoms with E-state index in [1.807, 2.05) is 35.2 Å². The van der Waals surface area contributed by atoms with Gasteiger partial charge in [-0.25, -0.2) is 0 Å². The minimum Gasteiger partial charge on any atom is -0.393 e. The van der Waals surface area contributed by atoms with E-state index < -0.39 is 0 Å². The molecular weight excluding hydrogens is 242 g/mol. The van der Waals surface area contributed by atoms with E-state index in [-0.39, 0.29) is 36.1 Å². The topological polar surface area (TPSA) is 49.8 Å². The molecule has 0 aromatic heterocycles. The molecule has 2 heterocycles. The average Bonchev–Trinajstić information content (AvgIpc) is 3.06. The summed E-state index contributed by atoms with van der Waals surface area (Å²) in [7, 11) is 0. The maximum Gasteiger partial charge on any atom is 0.228 e. The standard InChI is InChI=1S/C15H17NO3/c17-10-6-11-12(7-10)14(18)16-13(11)8-19-15(16)9-4-2-1-3-5-9/h1-5,10-13,15,17H,6-8H2/t10?,11-,12+,13+,15?/m0/s1. The molecule has 1 aromatic rings. The summed E-state index contributed by atoms with van der Waals surface area (Å²) in [6, 6.07) is 10.1. The first-order valence-electron chi connectivity index (χ1n) is 6.92. The van der Waals surface area contributed by atoms with Gasteiger partial charge in [-0.1, -0.05) is 30.3 Å². The van der Waals surface area contributed by atoms with Gasteiger partial charge in [-0.2, -0.15) is 0 Å².